The molecule has 0 atom stereocenters. The molecule has 0 unspecified atom stereocenters. The molecule has 0 heterocycles. The third-order valence-electron chi connectivity index (χ3n) is 1.98. The number of hydrogen-bond donors (Lipinski definition) is 0. The van der Waals surface area contributed by atoms with E-state index < -0.39 is 5.92 Å². The Balaban J connectivity index is 2.87. The minimum Gasteiger partial charge on any atom is -0.207 e. The van der Waals surface area contributed by atoms with Crippen molar-refractivity contribution >= 4 is 23.2 Å². The molecule has 0 aromatic heterocycles. The highest BCUT2D eigenvalue weighted by atomic mass is 35.5. The van der Waals surface area contributed by atoms with E-state index in [0.29, 0.717) is 15.6 Å². The van der Waals surface area contributed by atoms with Crippen LogP contribution in [-0.2, 0) is 6.42 Å². The SMILES string of the molecule is CCC(F)(F)Cc1ccc(Cl)cc1Cl. The minimum absolute atomic E-state index is 0.189. The van der Waals surface area contributed by atoms with Crippen molar-refractivity contribution in [2.45, 2.75) is 25.7 Å². The maximum Gasteiger partial charge on any atom is 0.251 e. The van der Waals surface area contributed by atoms with Gasteiger partial charge in [-0.15, -0.1) is 0 Å². The average molecular weight is 239 g/mol. The highest BCUT2D eigenvalue weighted by Gasteiger charge is 2.27. The van der Waals surface area contributed by atoms with E-state index in [1.807, 2.05) is 0 Å². The number of benzene rings is 1. The summed E-state index contributed by atoms with van der Waals surface area (Å²) in [7, 11) is 0. The van der Waals surface area contributed by atoms with E-state index in [4.69, 9.17) is 23.2 Å². The number of rotatable bonds is 3. The van der Waals surface area contributed by atoms with Gasteiger partial charge in [-0.2, -0.15) is 0 Å². The average Bonchev–Trinajstić information content (AvgIpc) is 2.10. The highest BCUT2D eigenvalue weighted by Crippen LogP contribution is 2.29. The zero-order chi connectivity index (χ0) is 10.8. The number of halogens is 4. The summed E-state index contributed by atoms with van der Waals surface area (Å²) in [6.45, 7) is 1.45. The maximum absolute atomic E-state index is 13.0. The first-order valence-corrected chi connectivity index (χ1v) is 5.02. The first-order chi connectivity index (χ1) is 6.44. The normalized spacial score (nSPS) is 11.8. The van der Waals surface area contributed by atoms with Crippen LogP contribution in [0, 0.1) is 0 Å². The molecular weight excluding hydrogens is 229 g/mol. The van der Waals surface area contributed by atoms with E-state index in [-0.39, 0.29) is 12.8 Å². The molecule has 0 aliphatic rings. The maximum atomic E-state index is 13.0. The third kappa shape index (κ3) is 3.10. The van der Waals surface area contributed by atoms with Gasteiger partial charge >= 0.3 is 0 Å². The van der Waals surface area contributed by atoms with Crippen LogP contribution >= 0.6 is 23.2 Å². The molecule has 0 aliphatic heterocycles. The molecule has 0 fully saturated rings. The van der Waals surface area contributed by atoms with Crippen molar-refractivity contribution in [1.82, 2.24) is 0 Å². The van der Waals surface area contributed by atoms with Crippen LogP contribution in [0.4, 0.5) is 8.78 Å². The lowest BCUT2D eigenvalue weighted by atomic mass is 10.1. The molecular formula is C10H10Cl2F2. The van der Waals surface area contributed by atoms with Gasteiger partial charge in [0.05, 0.1) is 0 Å². The predicted molar refractivity (Wildman–Crippen MR) is 55.4 cm³/mol. The summed E-state index contributed by atoms with van der Waals surface area (Å²) in [4.78, 5) is 0. The lowest BCUT2D eigenvalue weighted by Crippen LogP contribution is -2.18. The summed E-state index contributed by atoms with van der Waals surface area (Å²) in [6.07, 6.45) is -0.522. The summed E-state index contributed by atoms with van der Waals surface area (Å²) in [5, 5.41) is 0.754. The van der Waals surface area contributed by atoms with Gasteiger partial charge in [0.2, 0.25) is 0 Å². The van der Waals surface area contributed by atoms with Crippen molar-refractivity contribution in [3.8, 4) is 0 Å². The van der Waals surface area contributed by atoms with Gasteiger partial charge in [0.25, 0.3) is 5.92 Å². The van der Waals surface area contributed by atoms with E-state index in [9.17, 15) is 8.78 Å². The van der Waals surface area contributed by atoms with Gasteiger partial charge in [-0.1, -0.05) is 36.2 Å². The molecule has 0 amide bonds. The molecule has 0 spiro atoms. The third-order valence-corrected chi connectivity index (χ3v) is 2.57. The Hall–Kier alpha value is -0.340. The van der Waals surface area contributed by atoms with E-state index in [1.54, 1.807) is 6.07 Å². The molecule has 78 valence electrons. The van der Waals surface area contributed by atoms with Crippen molar-refractivity contribution in [3.05, 3.63) is 33.8 Å². The van der Waals surface area contributed by atoms with Crippen molar-refractivity contribution in [3.63, 3.8) is 0 Å². The molecule has 0 saturated heterocycles. The molecule has 1 rings (SSSR count). The first-order valence-electron chi connectivity index (χ1n) is 4.26. The Kier molecular flexibility index (Phi) is 3.73. The predicted octanol–water partition coefficient (Wildman–Crippen LogP) is 4.58. The van der Waals surface area contributed by atoms with Gasteiger partial charge in [-0.3, -0.25) is 0 Å². The molecule has 0 nitrogen and oxygen atoms in total. The number of alkyl halides is 2. The van der Waals surface area contributed by atoms with E-state index >= 15 is 0 Å². The minimum atomic E-state index is -2.70. The van der Waals surface area contributed by atoms with Crippen LogP contribution in [0.25, 0.3) is 0 Å². The molecule has 0 bridgehead atoms. The zero-order valence-electron chi connectivity index (χ0n) is 7.66. The molecule has 0 aliphatic carbocycles. The molecule has 0 N–H and O–H groups in total. The van der Waals surface area contributed by atoms with Crippen LogP contribution in [0.1, 0.15) is 18.9 Å². The zero-order valence-corrected chi connectivity index (χ0v) is 9.17. The van der Waals surface area contributed by atoms with E-state index in [1.165, 1.54) is 19.1 Å². The molecule has 0 radical (unpaired) electrons. The second-order valence-electron chi connectivity index (χ2n) is 3.12. The fraction of sp³-hybridized carbons (Fsp3) is 0.400. The van der Waals surface area contributed by atoms with Crippen LogP contribution in [0.3, 0.4) is 0 Å². The molecule has 1 aromatic rings. The Bertz CT molecular complexity index is 324. The summed E-state index contributed by atoms with van der Waals surface area (Å²) in [6, 6.07) is 4.58. The molecule has 4 heteroatoms. The van der Waals surface area contributed by atoms with Gasteiger partial charge in [-0.05, 0) is 17.7 Å². The fourth-order valence-corrected chi connectivity index (χ4v) is 1.54. The van der Waals surface area contributed by atoms with Crippen LogP contribution in [-0.4, -0.2) is 5.92 Å². The van der Waals surface area contributed by atoms with Crippen LogP contribution in [0.15, 0.2) is 18.2 Å². The van der Waals surface area contributed by atoms with Crippen LogP contribution in [0.2, 0.25) is 10.0 Å². The van der Waals surface area contributed by atoms with Gasteiger partial charge in [0.1, 0.15) is 0 Å². The second-order valence-corrected chi connectivity index (χ2v) is 3.97. The number of hydrogen-bond acceptors (Lipinski definition) is 0. The van der Waals surface area contributed by atoms with Crippen molar-refractivity contribution in [2.75, 3.05) is 0 Å². The first kappa shape index (κ1) is 11.7. The standard InChI is InChI=1S/C10H10Cl2F2/c1-2-10(13,14)6-7-3-4-8(11)5-9(7)12/h3-5H,2,6H2,1H3. The van der Waals surface area contributed by atoms with E-state index in [2.05, 4.69) is 0 Å². The van der Waals surface area contributed by atoms with Crippen molar-refractivity contribution < 1.29 is 8.78 Å². The fourth-order valence-electron chi connectivity index (χ4n) is 1.07. The van der Waals surface area contributed by atoms with Crippen LogP contribution < -0.4 is 0 Å². The van der Waals surface area contributed by atoms with E-state index in [0.717, 1.165) is 0 Å². The Labute approximate surface area is 91.8 Å². The Morgan fingerprint density at radius 3 is 2.43 bits per heavy atom. The smallest absolute Gasteiger partial charge is 0.207 e. The van der Waals surface area contributed by atoms with Crippen molar-refractivity contribution in [2.24, 2.45) is 0 Å². The van der Waals surface area contributed by atoms with Gasteiger partial charge in [0.15, 0.2) is 0 Å². The highest BCUT2D eigenvalue weighted by molar-refractivity contribution is 6.35. The Morgan fingerprint density at radius 1 is 1.29 bits per heavy atom. The van der Waals surface area contributed by atoms with Gasteiger partial charge in [-0.25, -0.2) is 8.78 Å². The monoisotopic (exact) mass is 238 g/mol. The lowest BCUT2D eigenvalue weighted by Gasteiger charge is -2.14. The lowest BCUT2D eigenvalue weighted by molar-refractivity contribution is -0.00217. The van der Waals surface area contributed by atoms with Gasteiger partial charge in [0, 0.05) is 22.9 Å². The summed E-state index contributed by atoms with van der Waals surface area (Å²) in [5.74, 6) is -2.70. The summed E-state index contributed by atoms with van der Waals surface area (Å²) < 4.78 is 26.1. The topological polar surface area (TPSA) is 0 Å². The summed E-state index contributed by atoms with van der Waals surface area (Å²) >= 11 is 11.4. The van der Waals surface area contributed by atoms with Gasteiger partial charge < -0.3 is 0 Å². The van der Waals surface area contributed by atoms with Crippen molar-refractivity contribution in [1.29, 1.82) is 0 Å². The molecule has 1 aromatic carbocycles. The summed E-state index contributed by atoms with van der Waals surface area (Å²) in [5.41, 5.74) is 0.433. The molecule has 0 saturated carbocycles. The largest absolute Gasteiger partial charge is 0.251 e. The van der Waals surface area contributed by atoms with Crippen LogP contribution in [0.5, 0.6) is 0 Å². The second kappa shape index (κ2) is 4.45. The quantitative estimate of drug-likeness (QED) is 0.724. The molecule has 14 heavy (non-hydrogen) atoms. The Morgan fingerprint density at radius 2 is 1.93 bits per heavy atom.